The van der Waals surface area contributed by atoms with Gasteiger partial charge in [-0.3, -0.25) is 9.78 Å². The van der Waals surface area contributed by atoms with Crippen LogP contribution in [-0.2, 0) is 6.42 Å². The standard InChI is InChI=1S/C25H25FN2O2/c1-16-4-2-5-17(12-16)20-10-11-27-15-18(20)13-25(30)24-7-3-6-23(28-24)21-14-19(29)8-9-22(21)26/h3,6-11,14-17,29H,2,4-5,12-13H2,1H3/t16-,17+/m0/s1. The van der Waals surface area contributed by atoms with Crippen LogP contribution in [-0.4, -0.2) is 20.9 Å². The summed E-state index contributed by atoms with van der Waals surface area (Å²) in [5.74, 6) is 0.476. The second kappa shape index (κ2) is 8.74. The van der Waals surface area contributed by atoms with Gasteiger partial charge in [-0.15, -0.1) is 0 Å². The molecule has 2 atom stereocenters. The van der Waals surface area contributed by atoms with E-state index in [1.54, 1.807) is 30.6 Å². The lowest BCUT2D eigenvalue weighted by molar-refractivity contribution is 0.0987. The molecule has 1 aliphatic rings. The molecule has 1 saturated carbocycles. The van der Waals surface area contributed by atoms with Crippen LogP contribution in [0.2, 0.25) is 0 Å². The van der Waals surface area contributed by atoms with Crippen molar-refractivity contribution in [3.8, 4) is 17.0 Å². The Kier molecular flexibility index (Phi) is 5.88. The topological polar surface area (TPSA) is 63.1 Å². The molecule has 1 fully saturated rings. The first kappa shape index (κ1) is 20.2. The molecule has 1 N–H and O–H groups in total. The van der Waals surface area contributed by atoms with E-state index < -0.39 is 5.82 Å². The highest BCUT2D eigenvalue weighted by Crippen LogP contribution is 2.37. The van der Waals surface area contributed by atoms with E-state index in [4.69, 9.17) is 0 Å². The number of aromatic nitrogens is 2. The van der Waals surface area contributed by atoms with E-state index in [-0.39, 0.29) is 29.2 Å². The molecule has 2 heterocycles. The fourth-order valence-electron chi connectivity index (χ4n) is 4.41. The van der Waals surface area contributed by atoms with Crippen molar-refractivity contribution in [2.45, 2.75) is 44.9 Å². The summed E-state index contributed by atoms with van der Waals surface area (Å²) in [6, 6.07) is 10.8. The Hall–Kier alpha value is -3.08. The quantitative estimate of drug-likeness (QED) is 0.554. The van der Waals surface area contributed by atoms with Gasteiger partial charge >= 0.3 is 0 Å². The number of Topliss-reactive ketones (excluding diaryl/α,β-unsaturated/α-hetero) is 1. The molecule has 30 heavy (non-hydrogen) atoms. The van der Waals surface area contributed by atoms with Gasteiger partial charge in [0.2, 0.25) is 0 Å². The highest BCUT2D eigenvalue weighted by Gasteiger charge is 2.23. The van der Waals surface area contributed by atoms with E-state index in [9.17, 15) is 14.3 Å². The number of phenolic OH excluding ortho intramolecular Hbond substituents is 1. The molecule has 0 saturated heterocycles. The summed E-state index contributed by atoms with van der Waals surface area (Å²) in [6.45, 7) is 2.29. The summed E-state index contributed by atoms with van der Waals surface area (Å²) in [5, 5.41) is 9.68. The number of rotatable bonds is 5. The van der Waals surface area contributed by atoms with Gasteiger partial charge in [-0.05, 0) is 72.2 Å². The summed E-state index contributed by atoms with van der Waals surface area (Å²) >= 11 is 0. The third-order valence-electron chi connectivity index (χ3n) is 5.93. The van der Waals surface area contributed by atoms with Crippen LogP contribution in [0.3, 0.4) is 0 Å². The number of halogens is 1. The van der Waals surface area contributed by atoms with Crippen molar-refractivity contribution >= 4 is 5.78 Å². The van der Waals surface area contributed by atoms with Crippen molar-refractivity contribution in [3.05, 3.63) is 77.5 Å². The number of phenols is 1. The highest BCUT2D eigenvalue weighted by atomic mass is 19.1. The van der Waals surface area contributed by atoms with Crippen LogP contribution in [0.1, 0.15) is 60.1 Å². The van der Waals surface area contributed by atoms with Gasteiger partial charge in [0, 0.05) is 24.4 Å². The summed E-state index contributed by atoms with van der Waals surface area (Å²) in [6.07, 6.45) is 8.54. The number of benzene rings is 1. The smallest absolute Gasteiger partial charge is 0.185 e. The SMILES string of the molecule is C[C@H]1CCC[C@@H](c2ccncc2CC(=O)c2cccc(-c3cc(O)ccc3F)n2)C1. The second-order valence-corrected chi connectivity index (χ2v) is 8.22. The molecule has 0 bridgehead atoms. The Labute approximate surface area is 175 Å². The molecule has 4 nitrogen and oxygen atoms in total. The number of nitrogens with zero attached hydrogens (tertiary/aromatic N) is 2. The second-order valence-electron chi connectivity index (χ2n) is 8.22. The van der Waals surface area contributed by atoms with Gasteiger partial charge in [-0.2, -0.15) is 0 Å². The zero-order valence-electron chi connectivity index (χ0n) is 17.0. The Morgan fingerprint density at radius 2 is 2.07 bits per heavy atom. The first-order valence-corrected chi connectivity index (χ1v) is 10.4. The Morgan fingerprint density at radius 3 is 2.90 bits per heavy atom. The summed E-state index contributed by atoms with van der Waals surface area (Å²) in [4.78, 5) is 21.6. The van der Waals surface area contributed by atoms with Gasteiger partial charge in [0.05, 0.1) is 5.69 Å². The molecule has 0 unspecified atom stereocenters. The van der Waals surface area contributed by atoms with Crippen LogP contribution < -0.4 is 0 Å². The van der Waals surface area contributed by atoms with Crippen molar-refractivity contribution in [2.75, 3.05) is 0 Å². The highest BCUT2D eigenvalue weighted by molar-refractivity contribution is 5.96. The fraction of sp³-hybridized carbons (Fsp3) is 0.320. The van der Waals surface area contributed by atoms with E-state index in [0.29, 0.717) is 17.5 Å². The first-order chi connectivity index (χ1) is 14.5. The molecular formula is C25H25FN2O2. The van der Waals surface area contributed by atoms with Crippen molar-refractivity contribution in [2.24, 2.45) is 5.92 Å². The third-order valence-corrected chi connectivity index (χ3v) is 5.93. The monoisotopic (exact) mass is 404 g/mol. The maximum Gasteiger partial charge on any atom is 0.185 e. The van der Waals surface area contributed by atoms with Crippen LogP contribution in [0.15, 0.2) is 54.9 Å². The van der Waals surface area contributed by atoms with Crippen LogP contribution in [0.25, 0.3) is 11.3 Å². The molecule has 3 aromatic rings. The van der Waals surface area contributed by atoms with E-state index in [1.165, 1.54) is 36.6 Å². The molecule has 4 rings (SSSR count). The average molecular weight is 404 g/mol. The maximum absolute atomic E-state index is 14.2. The molecule has 0 spiro atoms. The molecule has 2 aromatic heterocycles. The number of ketones is 1. The van der Waals surface area contributed by atoms with Crippen LogP contribution in [0, 0.1) is 11.7 Å². The van der Waals surface area contributed by atoms with E-state index >= 15 is 0 Å². The molecule has 1 aromatic carbocycles. The summed E-state index contributed by atoms with van der Waals surface area (Å²) < 4.78 is 14.2. The number of hydrogen-bond acceptors (Lipinski definition) is 4. The lowest BCUT2D eigenvalue weighted by Crippen LogP contribution is -2.15. The fourth-order valence-corrected chi connectivity index (χ4v) is 4.41. The minimum absolute atomic E-state index is 0.0494. The van der Waals surface area contributed by atoms with Crippen molar-refractivity contribution in [3.63, 3.8) is 0 Å². The largest absolute Gasteiger partial charge is 0.508 e. The third kappa shape index (κ3) is 4.40. The first-order valence-electron chi connectivity index (χ1n) is 10.4. The molecule has 0 amide bonds. The number of carbonyl (C=O) groups excluding carboxylic acids is 1. The van der Waals surface area contributed by atoms with E-state index in [0.717, 1.165) is 18.4 Å². The van der Waals surface area contributed by atoms with E-state index in [1.807, 2.05) is 6.07 Å². The predicted molar refractivity (Wildman–Crippen MR) is 114 cm³/mol. The van der Waals surface area contributed by atoms with Crippen molar-refractivity contribution in [1.82, 2.24) is 9.97 Å². The van der Waals surface area contributed by atoms with E-state index in [2.05, 4.69) is 16.9 Å². The Morgan fingerprint density at radius 1 is 1.20 bits per heavy atom. The van der Waals surface area contributed by atoms with Gasteiger partial charge < -0.3 is 5.11 Å². The Bertz CT molecular complexity index is 1070. The van der Waals surface area contributed by atoms with Crippen LogP contribution in [0.5, 0.6) is 5.75 Å². The average Bonchev–Trinajstić information content (AvgIpc) is 2.76. The normalized spacial score (nSPS) is 18.9. The summed E-state index contributed by atoms with van der Waals surface area (Å²) in [7, 11) is 0. The van der Waals surface area contributed by atoms with Crippen molar-refractivity contribution < 1.29 is 14.3 Å². The van der Waals surface area contributed by atoms with Gasteiger partial charge in [0.1, 0.15) is 17.3 Å². The number of carbonyl (C=O) groups is 1. The lowest BCUT2D eigenvalue weighted by Gasteiger charge is -2.28. The molecule has 1 aliphatic carbocycles. The molecule has 154 valence electrons. The Balaban J connectivity index is 1.59. The maximum atomic E-state index is 14.2. The van der Waals surface area contributed by atoms with Gasteiger partial charge in [0.25, 0.3) is 0 Å². The lowest BCUT2D eigenvalue weighted by atomic mass is 9.77. The summed E-state index contributed by atoms with van der Waals surface area (Å²) in [5.41, 5.74) is 2.92. The van der Waals surface area contributed by atoms with Gasteiger partial charge in [-0.1, -0.05) is 25.8 Å². The van der Waals surface area contributed by atoms with Gasteiger partial charge in [-0.25, -0.2) is 9.37 Å². The molecule has 0 radical (unpaired) electrons. The zero-order valence-corrected chi connectivity index (χ0v) is 17.0. The number of hydrogen-bond donors (Lipinski definition) is 1. The van der Waals surface area contributed by atoms with Crippen molar-refractivity contribution in [1.29, 1.82) is 0 Å². The number of pyridine rings is 2. The molecule has 0 aliphatic heterocycles. The zero-order chi connectivity index (χ0) is 21.1. The predicted octanol–water partition coefficient (Wildman–Crippen LogP) is 5.71. The van der Waals surface area contributed by atoms with Crippen LogP contribution in [0.4, 0.5) is 4.39 Å². The minimum Gasteiger partial charge on any atom is -0.508 e. The number of aromatic hydroxyl groups is 1. The van der Waals surface area contributed by atoms with Gasteiger partial charge in [0.15, 0.2) is 5.78 Å². The van der Waals surface area contributed by atoms with Crippen LogP contribution >= 0.6 is 0 Å². The molecule has 5 heteroatoms. The molecular weight excluding hydrogens is 379 g/mol. The minimum atomic E-state index is -0.495.